The normalized spacial score (nSPS) is 16.0. The SMILES string of the molecule is Cc1ccc([N+](=O)[O-])c(NC2CCN(Cc3ccccc3)CC2)c1. The van der Waals surface area contributed by atoms with Crippen molar-refractivity contribution in [3.05, 3.63) is 69.8 Å². The zero-order valence-electron chi connectivity index (χ0n) is 13.9. The van der Waals surface area contributed by atoms with Crippen LogP contribution in [-0.4, -0.2) is 29.0 Å². The molecule has 0 radical (unpaired) electrons. The van der Waals surface area contributed by atoms with Crippen molar-refractivity contribution in [3.8, 4) is 0 Å². The predicted molar refractivity (Wildman–Crippen MR) is 96.2 cm³/mol. The van der Waals surface area contributed by atoms with Crippen LogP contribution >= 0.6 is 0 Å². The lowest BCUT2D eigenvalue weighted by Gasteiger charge is -2.32. The molecule has 0 saturated carbocycles. The van der Waals surface area contributed by atoms with Crippen molar-refractivity contribution in [2.24, 2.45) is 0 Å². The Morgan fingerprint density at radius 2 is 1.88 bits per heavy atom. The molecule has 0 amide bonds. The second-order valence-electron chi connectivity index (χ2n) is 6.46. The molecule has 5 nitrogen and oxygen atoms in total. The fraction of sp³-hybridized carbons (Fsp3) is 0.368. The molecule has 24 heavy (non-hydrogen) atoms. The zero-order chi connectivity index (χ0) is 16.9. The van der Waals surface area contributed by atoms with Crippen LogP contribution in [0.1, 0.15) is 24.0 Å². The summed E-state index contributed by atoms with van der Waals surface area (Å²) in [6, 6.07) is 16.0. The van der Waals surface area contributed by atoms with Gasteiger partial charge in [0, 0.05) is 31.7 Å². The topological polar surface area (TPSA) is 58.4 Å². The van der Waals surface area contributed by atoms with Crippen LogP contribution in [0.15, 0.2) is 48.5 Å². The Hall–Kier alpha value is -2.40. The Bertz CT molecular complexity index is 695. The van der Waals surface area contributed by atoms with Gasteiger partial charge in [0.1, 0.15) is 5.69 Å². The maximum Gasteiger partial charge on any atom is 0.292 e. The van der Waals surface area contributed by atoms with Gasteiger partial charge in [0.2, 0.25) is 0 Å². The van der Waals surface area contributed by atoms with Crippen LogP contribution in [0.4, 0.5) is 11.4 Å². The van der Waals surface area contributed by atoms with Crippen molar-refractivity contribution in [3.63, 3.8) is 0 Å². The molecule has 1 N–H and O–H groups in total. The minimum absolute atomic E-state index is 0.160. The average molecular weight is 325 g/mol. The second kappa shape index (κ2) is 7.45. The lowest BCUT2D eigenvalue weighted by Crippen LogP contribution is -2.38. The third-order valence-electron chi connectivity index (χ3n) is 4.54. The monoisotopic (exact) mass is 325 g/mol. The highest BCUT2D eigenvalue weighted by molar-refractivity contribution is 5.63. The third-order valence-corrected chi connectivity index (χ3v) is 4.54. The second-order valence-corrected chi connectivity index (χ2v) is 6.46. The lowest BCUT2D eigenvalue weighted by molar-refractivity contribution is -0.384. The van der Waals surface area contributed by atoms with E-state index in [1.165, 1.54) is 5.56 Å². The number of likely N-dealkylation sites (tertiary alicyclic amines) is 1. The molecule has 0 atom stereocenters. The Balaban J connectivity index is 1.58. The van der Waals surface area contributed by atoms with E-state index in [0.717, 1.165) is 38.0 Å². The van der Waals surface area contributed by atoms with Gasteiger partial charge in [-0.25, -0.2) is 0 Å². The van der Waals surface area contributed by atoms with E-state index in [9.17, 15) is 10.1 Å². The smallest absolute Gasteiger partial charge is 0.292 e. The van der Waals surface area contributed by atoms with E-state index >= 15 is 0 Å². The van der Waals surface area contributed by atoms with Crippen LogP contribution in [-0.2, 0) is 6.54 Å². The summed E-state index contributed by atoms with van der Waals surface area (Å²) in [6.07, 6.45) is 2.00. The maximum atomic E-state index is 11.2. The first-order valence-electron chi connectivity index (χ1n) is 8.39. The zero-order valence-corrected chi connectivity index (χ0v) is 13.9. The van der Waals surface area contributed by atoms with Crippen LogP contribution in [0, 0.1) is 17.0 Å². The maximum absolute atomic E-state index is 11.2. The quantitative estimate of drug-likeness (QED) is 0.667. The van der Waals surface area contributed by atoms with Crippen LogP contribution in [0.25, 0.3) is 0 Å². The molecule has 1 aliphatic rings. The largest absolute Gasteiger partial charge is 0.377 e. The van der Waals surface area contributed by atoms with Crippen molar-refractivity contribution < 1.29 is 4.92 Å². The number of nitro benzene ring substituents is 1. The summed E-state index contributed by atoms with van der Waals surface area (Å²) in [5, 5.41) is 14.6. The molecule has 5 heteroatoms. The first-order chi connectivity index (χ1) is 11.6. The molecule has 1 saturated heterocycles. The molecule has 0 bridgehead atoms. The molecule has 0 unspecified atom stereocenters. The Labute approximate surface area is 142 Å². The summed E-state index contributed by atoms with van der Waals surface area (Å²) in [5.41, 5.74) is 3.16. The van der Waals surface area contributed by atoms with Gasteiger partial charge in [-0.05, 0) is 37.0 Å². The molecular formula is C19H23N3O2. The summed E-state index contributed by atoms with van der Waals surface area (Å²) >= 11 is 0. The van der Waals surface area contributed by atoms with E-state index in [4.69, 9.17) is 0 Å². The van der Waals surface area contributed by atoms with Gasteiger partial charge in [-0.2, -0.15) is 0 Å². The van der Waals surface area contributed by atoms with Crippen molar-refractivity contribution >= 4 is 11.4 Å². The van der Waals surface area contributed by atoms with E-state index in [1.807, 2.05) is 19.1 Å². The molecule has 2 aromatic rings. The molecular weight excluding hydrogens is 302 g/mol. The van der Waals surface area contributed by atoms with Gasteiger partial charge in [0.05, 0.1) is 4.92 Å². The number of nitro groups is 1. The van der Waals surface area contributed by atoms with Gasteiger partial charge in [-0.1, -0.05) is 36.4 Å². The molecule has 2 aromatic carbocycles. The van der Waals surface area contributed by atoms with Crippen molar-refractivity contribution in [2.45, 2.75) is 32.4 Å². The summed E-state index contributed by atoms with van der Waals surface area (Å²) in [7, 11) is 0. The fourth-order valence-corrected chi connectivity index (χ4v) is 3.22. The van der Waals surface area contributed by atoms with E-state index in [1.54, 1.807) is 12.1 Å². The molecule has 1 aliphatic heterocycles. The highest BCUT2D eigenvalue weighted by atomic mass is 16.6. The highest BCUT2D eigenvalue weighted by Gasteiger charge is 2.22. The molecule has 1 heterocycles. The van der Waals surface area contributed by atoms with E-state index < -0.39 is 0 Å². The highest BCUT2D eigenvalue weighted by Crippen LogP contribution is 2.28. The summed E-state index contributed by atoms with van der Waals surface area (Å²) < 4.78 is 0. The lowest BCUT2D eigenvalue weighted by atomic mass is 10.0. The van der Waals surface area contributed by atoms with Gasteiger partial charge in [-0.3, -0.25) is 15.0 Å². The third kappa shape index (κ3) is 4.11. The Morgan fingerprint density at radius 3 is 2.54 bits per heavy atom. The minimum atomic E-state index is -0.313. The number of hydrogen-bond donors (Lipinski definition) is 1. The minimum Gasteiger partial charge on any atom is -0.377 e. The number of anilines is 1. The number of benzene rings is 2. The summed E-state index contributed by atoms with van der Waals surface area (Å²) in [6.45, 7) is 4.94. The van der Waals surface area contributed by atoms with Crippen molar-refractivity contribution in [2.75, 3.05) is 18.4 Å². The van der Waals surface area contributed by atoms with Gasteiger partial charge in [0.25, 0.3) is 5.69 Å². The predicted octanol–water partition coefficient (Wildman–Crippen LogP) is 3.98. The van der Waals surface area contributed by atoms with Crippen molar-refractivity contribution in [1.29, 1.82) is 0 Å². The summed E-state index contributed by atoms with van der Waals surface area (Å²) in [5.74, 6) is 0. The van der Waals surface area contributed by atoms with Crippen LogP contribution in [0.3, 0.4) is 0 Å². The number of nitrogens with zero attached hydrogens (tertiary/aromatic N) is 2. The first kappa shape index (κ1) is 16.5. The van der Waals surface area contributed by atoms with Crippen LogP contribution in [0.5, 0.6) is 0 Å². The molecule has 3 rings (SSSR count). The summed E-state index contributed by atoms with van der Waals surface area (Å²) in [4.78, 5) is 13.3. The Kier molecular flexibility index (Phi) is 5.11. The molecule has 0 spiro atoms. The van der Waals surface area contributed by atoms with Crippen LogP contribution in [0.2, 0.25) is 0 Å². The number of hydrogen-bond acceptors (Lipinski definition) is 4. The molecule has 126 valence electrons. The number of nitrogens with one attached hydrogen (secondary N) is 1. The van der Waals surface area contributed by atoms with Gasteiger partial charge < -0.3 is 5.32 Å². The van der Waals surface area contributed by atoms with Gasteiger partial charge >= 0.3 is 0 Å². The number of piperidine rings is 1. The van der Waals surface area contributed by atoms with E-state index in [-0.39, 0.29) is 16.7 Å². The fourth-order valence-electron chi connectivity index (χ4n) is 3.22. The van der Waals surface area contributed by atoms with E-state index in [0.29, 0.717) is 5.69 Å². The number of aryl methyl sites for hydroxylation is 1. The van der Waals surface area contributed by atoms with E-state index in [2.05, 4.69) is 34.5 Å². The van der Waals surface area contributed by atoms with Gasteiger partial charge in [-0.15, -0.1) is 0 Å². The van der Waals surface area contributed by atoms with Crippen LogP contribution < -0.4 is 5.32 Å². The molecule has 0 aliphatic carbocycles. The Morgan fingerprint density at radius 1 is 1.17 bits per heavy atom. The molecule has 0 aromatic heterocycles. The standard InChI is InChI=1S/C19H23N3O2/c1-15-7-8-19(22(23)24)18(13-15)20-17-9-11-21(12-10-17)14-16-5-3-2-4-6-16/h2-8,13,17,20H,9-12,14H2,1H3. The average Bonchev–Trinajstić information content (AvgIpc) is 2.57. The molecule has 1 fully saturated rings. The first-order valence-corrected chi connectivity index (χ1v) is 8.39. The van der Waals surface area contributed by atoms with Gasteiger partial charge in [0.15, 0.2) is 0 Å². The number of rotatable bonds is 5. The van der Waals surface area contributed by atoms with Crippen molar-refractivity contribution in [1.82, 2.24) is 4.90 Å².